The molecule has 0 saturated heterocycles. The maximum Gasteiger partial charge on any atom is 0.214 e. The first kappa shape index (κ1) is 7.85. The second-order valence-corrected chi connectivity index (χ2v) is 2.32. The summed E-state index contributed by atoms with van der Waals surface area (Å²) in [4.78, 5) is 0. The molecule has 1 rings (SSSR count). The Kier molecular flexibility index (Phi) is 2.31. The zero-order valence-corrected chi connectivity index (χ0v) is 6.87. The Balaban J connectivity index is 3.02. The van der Waals surface area contributed by atoms with Gasteiger partial charge in [-0.15, -0.1) is 0 Å². The van der Waals surface area contributed by atoms with Gasteiger partial charge in [0.15, 0.2) is 0 Å². The fourth-order valence-corrected chi connectivity index (χ4v) is 0.948. The molecule has 0 saturated carbocycles. The lowest BCUT2D eigenvalue weighted by molar-refractivity contribution is -0.646. The molecule has 0 aliphatic heterocycles. The van der Waals surface area contributed by atoms with Gasteiger partial charge in [0, 0.05) is 12.5 Å². The molecule has 0 amide bonds. The lowest BCUT2D eigenvalue weighted by Gasteiger charge is -1.98. The predicted octanol–water partition coefficient (Wildman–Crippen LogP) is 0.259. The number of pyridine rings is 1. The normalized spacial score (nSPS) is 9.64. The monoisotopic (exact) mass is 153 g/mol. The smallest absolute Gasteiger partial charge is 0.214 e. The summed E-state index contributed by atoms with van der Waals surface area (Å²) in [5, 5.41) is 0. The topological polar surface area (TPSA) is 39.1 Å². The molecule has 1 aromatic heterocycles. The summed E-state index contributed by atoms with van der Waals surface area (Å²) < 4.78 is 6.64. The van der Waals surface area contributed by atoms with Crippen molar-refractivity contribution in [2.45, 2.75) is 13.3 Å². The number of aromatic nitrogens is 1. The fourth-order valence-electron chi connectivity index (χ4n) is 0.948. The molecule has 0 atom stereocenters. The molecular weight excluding hydrogens is 140 g/mol. The number of nitrogens with two attached hydrogens (primary N) is 1. The molecule has 1 heterocycles. The van der Waals surface area contributed by atoms with Crippen LogP contribution in [0.1, 0.15) is 12.6 Å². The van der Waals surface area contributed by atoms with Crippen LogP contribution in [0, 0.1) is 0 Å². The van der Waals surface area contributed by atoms with Crippen LogP contribution in [0.15, 0.2) is 18.3 Å². The number of aryl methyl sites for hydroxylation is 1. The Bertz CT molecular complexity index is 248. The number of nitrogen functional groups attached to an aromatic ring is 1. The summed E-state index contributed by atoms with van der Waals surface area (Å²) in [5.41, 5.74) is 1.06. The van der Waals surface area contributed by atoms with E-state index in [2.05, 4.69) is 6.92 Å². The Morgan fingerprint density at radius 3 is 2.91 bits per heavy atom. The van der Waals surface area contributed by atoms with Gasteiger partial charge in [0.1, 0.15) is 5.75 Å². The number of hydrogen-bond acceptors (Lipinski definition) is 2. The molecule has 60 valence electrons. The highest BCUT2D eigenvalue weighted by Crippen LogP contribution is 2.07. The van der Waals surface area contributed by atoms with Crippen LogP contribution in [-0.2, 0) is 6.42 Å². The van der Waals surface area contributed by atoms with Gasteiger partial charge in [0.2, 0.25) is 11.9 Å². The van der Waals surface area contributed by atoms with Crippen molar-refractivity contribution in [3.05, 3.63) is 24.0 Å². The van der Waals surface area contributed by atoms with Crippen LogP contribution < -0.4 is 15.3 Å². The van der Waals surface area contributed by atoms with Crippen molar-refractivity contribution in [2.75, 3.05) is 13.0 Å². The molecular formula is C8H13N2O+. The minimum atomic E-state index is 0.851. The molecule has 11 heavy (non-hydrogen) atoms. The molecule has 0 aromatic carbocycles. The zero-order valence-electron chi connectivity index (χ0n) is 6.87. The summed E-state index contributed by atoms with van der Waals surface area (Å²) in [6.07, 6.45) is 2.70. The third kappa shape index (κ3) is 1.61. The van der Waals surface area contributed by atoms with Crippen molar-refractivity contribution in [1.29, 1.82) is 0 Å². The molecule has 3 nitrogen and oxygen atoms in total. The maximum atomic E-state index is 5.62. The van der Waals surface area contributed by atoms with Crippen LogP contribution >= 0.6 is 0 Å². The lowest BCUT2D eigenvalue weighted by Crippen LogP contribution is -2.47. The first-order valence-corrected chi connectivity index (χ1v) is 3.61. The number of hydrogen-bond donors (Lipinski definition) is 1. The summed E-state index contributed by atoms with van der Waals surface area (Å²) in [5.74, 6) is 6.47. The van der Waals surface area contributed by atoms with Crippen molar-refractivity contribution in [3.8, 4) is 5.75 Å². The van der Waals surface area contributed by atoms with E-state index < -0.39 is 0 Å². The number of nitrogens with zero attached hydrogens (tertiary/aromatic N) is 1. The Hall–Kier alpha value is -1.25. The molecule has 0 radical (unpaired) electrons. The number of ether oxygens (including phenoxy) is 1. The van der Waals surface area contributed by atoms with Crippen molar-refractivity contribution in [1.82, 2.24) is 0 Å². The van der Waals surface area contributed by atoms with E-state index in [1.54, 1.807) is 18.0 Å². The minimum absolute atomic E-state index is 0.851. The highest BCUT2D eigenvalue weighted by atomic mass is 16.5. The van der Waals surface area contributed by atoms with Gasteiger partial charge < -0.3 is 4.74 Å². The van der Waals surface area contributed by atoms with Crippen LogP contribution in [0.25, 0.3) is 0 Å². The van der Waals surface area contributed by atoms with Crippen LogP contribution in [0.2, 0.25) is 0 Å². The highest BCUT2D eigenvalue weighted by Gasteiger charge is 2.05. The van der Waals surface area contributed by atoms with Gasteiger partial charge in [-0.1, -0.05) is 11.6 Å². The fraction of sp³-hybridized carbons (Fsp3) is 0.375. The van der Waals surface area contributed by atoms with Gasteiger partial charge >= 0.3 is 0 Å². The third-order valence-electron chi connectivity index (χ3n) is 1.64. The molecule has 1 aromatic rings. The Morgan fingerprint density at radius 2 is 2.36 bits per heavy atom. The first-order chi connectivity index (χ1) is 5.27. The van der Waals surface area contributed by atoms with Crippen molar-refractivity contribution in [3.63, 3.8) is 0 Å². The van der Waals surface area contributed by atoms with Gasteiger partial charge in [0.05, 0.1) is 13.2 Å². The van der Waals surface area contributed by atoms with Crippen molar-refractivity contribution in [2.24, 2.45) is 0 Å². The summed E-state index contributed by atoms with van der Waals surface area (Å²) in [6.45, 7) is 2.05. The standard InChI is InChI=1S/C8H13N2O/c1-3-7-6-8(11-2)4-5-10(7)9/h4-6H,3,9H2,1-2H3/q+1. The van der Waals surface area contributed by atoms with E-state index in [0.29, 0.717) is 0 Å². The SMILES string of the molecule is CCc1cc(OC)cc[n+]1N. The second kappa shape index (κ2) is 3.23. The van der Waals surface area contributed by atoms with E-state index in [1.165, 1.54) is 0 Å². The van der Waals surface area contributed by atoms with Gasteiger partial charge in [-0.3, -0.25) is 0 Å². The molecule has 0 fully saturated rings. The van der Waals surface area contributed by atoms with Gasteiger partial charge in [-0.05, 0) is 0 Å². The Morgan fingerprint density at radius 1 is 1.64 bits per heavy atom. The van der Waals surface area contributed by atoms with E-state index in [-0.39, 0.29) is 0 Å². The van der Waals surface area contributed by atoms with Crippen LogP contribution in [0.3, 0.4) is 0 Å². The number of rotatable bonds is 2. The second-order valence-electron chi connectivity index (χ2n) is 2.32. The van der Waals surface area contributed by atoms with E-state index in [0.717, 1.165) is 17.9 Å². The third-order valence-corrected chi connectivity index (χ3v) is 1.64. The van der Waals surface area contributed by atoms with E-state index in [9.17, 15) is 0 Å². The average molecular weight is 153 g/mol. The molecule has 3 heteroatoms. The van der Waals surface area contributed by atoms with Crippen molar-refractivity contribution < 1.29 is 9.41 Å². The van der Waals surface area contributed by atoms with E-state index in [4.69, 9.17) is 10.6 Å². The predicted molar refractivity (Wildman–Crippen MR) is 42.7 cm³/mol. The molecule has 0 aliphatic rings. The maximum absolute atomic E-state index is 5.62. The first-order valence-electron chi connectivity index (χ1n) is 3.61. The molecule has 0 bridgehead atoms. The van der Waals surface area contributed by atoms with Crippen molar-refractivity contribution >= 4 is 0 Å². The zero-order chi connectivity index (χ0) is 8.27. The Labute approximate surface area is 66.4 Å². The van der Waals surface area contributed by atoms with E-state index in [1.807, 2.05) is 12.1 Å². The average Bonchev–Trinajstić information content (AvgIpc) is 2.05. The number of methoxy groups -OCH3 is 1. The van der Waals surface area contributed by atoms with Crippen LogP contribution in [0.5, 0.6) is 5.75 Å². The lowest BCUT2D eigenvalue weighted by atomic mass is 10.3. The molecule has 0 unspecified atom stereocenters. The van der Waals surface area contributed by atoms with E-state index >= 15 is 0 Å². The highest BCUT2D eigenvalue weighted by molar-refractivity contribution is 5.19. The van der Waals surface area contributed by atoms with Crippen LogP contribution in [0.4, 0.5) is 0 Å². The molecule has 2 N–H and O–H groups in total. The van der Waals surface area contributed by atoms with Crippen LogP contribution in [-0.4, -0.2) is 7.11 Å². The minimum Gasteiger partial charge on any atom is -0.496 e. The van der Waals surface area contributed by atoms with Gasteiger partial charge in [0.25, 0.3) is 0 Å². The summed E-state index contributed by atoms with van der Waals surface area (Å²) in [6, 6.07) is 3.76. The largest absolute Gasteiger partial charge is 0.496 e. The summed E-state index contributed by atoms with van der Waals surface area (Å²) >= 11 is 0. The van der Waals surface area contributed by atoms with Gasteiger partial charge in [-0.2, -0.15) is 0 Å². The van der Waals surface area contributed by atoms with Gasteiger partial charge in [-0.25, -0.2) is 5.84 Å². The molecule has 0 aliphatic carbocycles. The molecule has 0 spiro atoms. The summed E-state index contributed by atoms with van der Waals surface area (Å²) in [7, 11) is 1.65. The quantitative estimate of drug-likeness (QED) is 0.489.